The van der Waals surface area contributed by atoms with E-state index >= 15 is 0 Å². The molecular weight excluding hydrogens is 389 g/mol. The number of rotatable bonds is 4. The van der Waals surface area contributed by atoms with Crippen molar-refractivity contribution < 1.29 is 13.2 Å². The van der Waals surface area contributed by atoms with Crippen LogP contribution in [-0.4, -0.2) is 20.5 Å². The van der Waals surface area contributed by atoms with Gasteiger partial charge in [0.25, 0.3) is 0 Å². The Morgan fingerprint density at radius 1 is 0.950 bits per heavy atom. The fraction of sp³-hybridized carbons (Fsp3) is 0.0714. The highest BCUT2D eigenvalue weighted by atomic mass is 127. The molecule has 104 valence electrons. The van der Waals surface area contributed by atoms with Gasteiger partial charge in [-0.25, -0.2) is 8.42 Å². The van der Waals surface area contributed by atoms with Crippen LogP contribution in [0.25, 0.3) is 0 Å². The van der Waals surface area contributed by atoms with E-state index in [9.17, 15) is 13.2 Å². The van der Waals surface area contributed by atoms with Crippen LogP contribution in [-0.2, 0) is 10.0 Å². The Balaban J connectivity index is 2.21. The van der Waals surface area contributed by atoms with Crippen molar-refractivity contribution >= 4 is 44.1 Å². The maximum absolute atomic E-state index is 12.2. The molecule has 20 heavy (non-hydrogen) atoms. The summed E-state index contributed by atoms with van der Waals surface area (Å²) in [6, 6.07) is 13.6. The molecule has 6 heteroatoms. The zero-order chi connectivity index (χ0) is 14.8. The second-order valence-electron chi connectivity index (χ2n) is 4.29. The lowest BCUT2D eigenvalue weighted by molar-refractivity contribution is 0.103. The van der Waals surface area contributed by atoms with Gasteiger partial charge in [-0.3, -0.25) is 9.52 Å². The third-order valence-corrected chi connectivity index (χ3v) is 3.88. The Morgan fingerprint density at radius 2 is 1.40 bits per heavy atom. The minimum atomic E-state index is -3.30. The number of nitrogens with one attached hydrogen (secondary N) is 1. The van der Waals surface area contributed by atoms with E-state index in [1.54, 1.807) is 36.4 Å². The molecule has 4 nitrogen and oxygen atoms in total. The number of benzene rings is 2. The van der Waals surface area contributed by atoms with Gasteiger partial charge < -0.3 is 0 Å². The number of ketones is 1. The van der Waals surface area contributed by atoms with E-state index in [-0.39, 0.29) is 5.78 Å². The lowest BCUT2D eigenvalue weighted by Crippen LogP contribution is -2.09. The SMILES string of the molecule is CS(=O)(=O)Nc1ccc(C(=O)c2ccc(I)cc2)cc1. The number of carbonyl (C=O) groups is 1. The Kier molecular flexibility index (Phi) is 4.44. The summed E-state index contributed by atoms with van der Waals surface area (Å²) in [5.74, 6) is -0.0905. The molecule has 0 aliphatic carbocycles. The van der Waals surface area contributed by atoms with Crippen LogP contribution in [0.1, 0.15) is 15.9 Å². The summed E-state index contributed by atoms with van der Waals surface area (Å²) >= 11 is 2.17. The molecule has 0 spiro atoms. The van der Waals surface area contributed by atoms with Crippen molar-refractivity contribution in [1.29, 1.82) is 0 Å². The normalized spacial score (nSPS) is 11.1. The second kappa shape index (κ2) is 5.92. The first-order chi connectivity index (χ1) is 9.35. The number of hydrogen-bond acceptors (Lipinski definition) is 3. The van der Waals surface area contributed by atoms with Crippen molar-refractivity contribution in [3.05, 3.63) is 63.2 Å². The predicted octanol–water partition coefficient (Wildman–Crippen LogP) is 2.89. The lowest BCUT2D eigenvalue weighted by atomic mass is 10.0. The molecule has 2 rings (SSSR count). The molecule has 0 radical (unpaired) electrons. The molecule has 0 amide bonds. The first kappa shape index (κ1) is 15.0. The van der Waals surface area contributed by atoms with E-state index < -0.39 is 10.0 Å². The van der Waals surface area contributed by atoms with Crippen molar-refractivity contribution in [3.63, 3.8) is 0 Å². The molecule has 0 aliphatic heterocycles. The smallest absolute Gasteiger partial charge is 0.229 e. The summed E-state index contributed by atoms with van der Waals surface area (Å²) in [6.45, 7) is 0. The predicted molar refractivity (Wildman–Crippen MR) is 87.5 cm³/mol. The third-order valence-electron chi connectivity index (χ3n) is 2.56. The quantitative estimate of drug-likeness (QED) is 0.633. The van der Waals surface area contributed by atoms with Gasteiger partial charge in [0.2, 0.25) is 10.0 Å². The van der Waals surface area contributed by atoms with Crippen LogP contribution >= 0.6 is 22.6 Å². The first-order valence-electron chi connectivity index (χ1n) is 5.73. The van der Waals surface area contributed by atoms with E-state index in [1.165, 1.54) is 0 Å². The van der Waals surface area contributed by atoms with Crippen molar-refractivity contribution in [2.24, 2.45) is 0 Å². The fourth-order valence-corrected chi connectivity index (χ4v) is 2.60. The number of halogens is 1. The molecule has 0 saturated carbocycles. The Morgan fingerprint density at radius 3 is 1.85 bits per heavy atom. The summed E-state index contributed by atoms with van der Waals surface area (Å²) in [4.78, 5) is 12.2. The summed E-state index contributed by atoms with van der Waals surface area (Å²) in [7, 11) is -3.30. The second-order valence-corrected chi connectivity index (χ2v) is 7.28. The number of sulfonamides is 1. The van der Waals surface area contributed by atoms with Gasteiger partial charge in [-0.15, -0.1) is 0 Å². The van der Waals surface area contributed by atoms with Crippen LogP contribution in [0.5, 0.6) is 0 Å². The lowest BCUT2D eigenvalue weighted by Gasteiger charge is -2.05. The summed E-state index contributed by atoms with van der Waals surface area (Å²) in [5, 5.41) is 0. The molecule has 0 atom stereocenters. The van der Waals surface area contributed by atoms with Crippen molar-refractivity contribution in [2.45, 2.75) is 0 Å². The zero-order valence-electron chi connectivity index (χ0n) is 10.6. The minimum Gasteiger partial charge on any atom is -0.289 e. The molecule has 2 aromatic rings. The maximum Gasteiger partial charge on any atom is 0.229 e. The number of anilines is 1. The average Bonchev–Trinajstić information content (AvgIpc) is 2.38. The molecule has 0 fully saturated rings. The standard InChI is InChI=1S/C14H12INO3S/c1-20(18,19)16-13-8-4-11(5-9-13)14(17)10-2-6-12(15)7-3-10/h2-9,16H,1H3. The van der Waals surface area contributed by atoms with Crippen molar-refractivity contribution in [2.75, 3.05) is 11.0 Å². The fourth-order valence-electron chi connectivity index (χ4n) is 1.67. The average molecular weight is 401 g/mol. The summed E-state index contributed by atoms with van der Waals surface area (Å²) < 4.78 is 25.6. The van der Waals surface area contributed by atoms with Crippen molar-refractivity contribution in [1.82, 2.24) is 0 Å². The van der Waals surface area contributed by atoms with E-state index in [2.05, 4.69) is 27.3 Å². The molecule has 0 saturated heterocycles. The van der Waals surface area contributed by atoms with Gasteiger partial charge in [0.1, 0.15) is 0 Å². The molecule has 1 N–H and O–H groups in total. The Hall–Kier alpha value is -1.41. The molecule has 0 aromatic heterocycles. The molecule has 0 heterocycles. The third kappa shape index (κ3) is 4.04. The maximum atomic E-state index is 12.2. The van der Waals surface area contributed by atoms with E-state index in [0.717, 1.165) is 9.83 Å². The first-order valence-corrected chi connectivity index (χ1v) is 8.70. The number of hydrogen-bond donors (Lipinski definition) is 1. The topological polar surface area (TPSA) is 63.2 Å². The summed E-state index contributed by atoms with van der Waals surface area (Å²) in [6.07, 6.45) is 1.08. The Labute approximate surface area is 131 Å². The molecule has 0 unspecified atom stereocenters. The summed E-state index contributed by atoms with van der Waals surface area (Å²) in [5.41, 5.74) is 1.56. The van der Waals surface area contributed by atoms with Gasteiger partial charge >= 0.3 is 0 Å². The van der Waals surface area contributed by atoms with Crippen LogP contribution in [0.15, 0.2) is 48.5 Å². The van der Waals surface area contributed by atoms with Crippen molar-refractivity contribution in [3.8, 4) is 0 Å². The van der Waals surface area contributed by atoms with E-state index in [4.69, 9.17) is 0 Å². The highest BCUT2D eigenvalue weighted by Crippen LogP contribution is 2.15. The van der Waals surface area contributed by atoms with Crippen LogP contribution in [0.2, 0.25) is 0 Å². The van der Waals surface area contributed by atoms with Crippen LogP contribution in [0.3, 0.4) is 0 Å². The van der Waals surface area contributed by atoms with Gasteiger partial charge in [0.05, 0.1) is 6.26 Å². The van der Waals surface area contributed by atoms with Gasteiger partial charge in [0.15, 0.2) is 5.78 Å². The van der Waals surface area contributed by atoms with Crippen LogP contribution < -0.4 is 4.72 Å². The van der Waals surface area contributed by atoms with E-state index in [1.807, 2.05) is 12.1 Å². The van der Waals surface area contributed by atoms with Gasteiger partial charge in [-0.1, -0.05) is 0 Å². The highest BCUT2D eigenvalue weighted by molar-refractivity contribution is 14.1. The Bertz CT molecular complexity index is 722. The van der Waals surface area contributed by atoms with Crippen LogP contribution in [0, 0.1) is 3.57 Å². The molecule has 0 bridgehead atoms. The van der Waals surface area contributed by atoms with Gasteiger partial charge in [-0.2, -0.15) is 0 Å². The highest BCUT2D eigenvalue weighted by Gasteiger charge is 2.09. The molecular formula is C14H12INO3S. The minimum absolute atomic E-state index is 0.0905. The van der Waals surface area contributed by atoms with Gasteiger partial charge in [0, 0.05) is 20.4 Å². The molecule has 2 aromatic carbocycles. The number of carbonyl (C=O) groups excluding carboxylic acids is 1. The zero-order valence-corrected chi connectivity index (χ0v) is 13.6. The van der Waals surface area contributed by atoms with Gasteiger partial charge in [-0.05, 0) is 71.1 Å². The monoisotopic (exact) mass is 401 g/mol. The largest absolute Gasteiger partial charge is 0.289 e. The van der Waals surface area contributed by atoms with E-state index in [0.29, 0.717) is 16.8 Å². The molecule has 0 aliphatic rings. The van der Waals surface area contributed by atoms with Crippen LogP contribution in [0.4, 0.5) is 5.69 Å².